The summed E-state index contributed by atoms with van der Waals surface area (Å²) in [5, 5.41) is 8.58. The summed E-state index contributed by atoms with van der Waals surface area (Å²) in [6.07, 6.45) is -5.78. The maximum absolute atomic E-state index is 12.5. The minimum absolute atomic E-state index is 0.227. The van der Waals surface area contributed by atoms with Crippen molar-refractivity contribution in [3.05, 3.63) is 35.9 Å². The van der Waals surface area contributed by atoms with Gasteiger partial charge in [-0.3, -0.25) is 0 Å². The predicted octanol–water partition coefficient (Wildman–Crippen LogP) is 1.57. The summed E-state index contributed by atoms with van der Waals surface area (Å²) in [6, 6.07) is 7.46. The summed E-state index contributed by atoms with van der Waals surface area (Å²) < 4.78 is 37.6. The van der Waals surface area contributed by atoms with Crippen LogP contribution in [0.25, 0.3) is 0 Å². The number of aliphatic carboxylic acids is 1. The van der Waals surface area contributed by atoms with E-state index < -0.39 is 24.1 Å². The molecule has 3 N–H and O–H groups in total. The zero-order valence-corrected chi connectivity index (χ0v) is 8.16. The van der Waals surface area contributed by atoms with E-state index in [1.165, 1.54) is 24.3 Å². The molecule has 0 aliphatic rings. The van der Waals surface area contributed by atoms with Gasteiger partial charge < -0.3 is 10.8 Å². The summed E-state index contributed by atoms with van der Waals surface area (Å²) in [7, 11) is 0. The second kappa shape index (κ2) is 4.13. The third-order valence-corrected chi connectivity index (χ3v) is 2.21. The Balaban J connectivity index is 3.03. The van der Waals surface area contributed by atoms with Crippen molar-refractivity contribution in [2.45, 2.75) is 18.1 Å². The summed E-state index contributed by atoms with van der Waals surface area (Å²) >= 11 is 0. The molecule has 0 saturated carbocycles. The van der Waals surface area contributed by atoms with Gasteiger partial charge in [-0.2, -0.15) is 13.2 Å². The van der Waals surface area contributed by atoms with Gasteiger partial charge in [-0.25, -0.2) is 4.79 Å². The predicted molar refractivity (Wildman–Crippen MR) is 50.8 cm³/mol. The second-order valence-corrected chi connectivity index (χ2v) is 3.44. The lowest BCUT2D eigenvalue weighted by molar-refractivity contribution is -0.201. The topological polar surface area (TPSA) is 63.3 Å². The van der Waals surface area contributed by atoms with Gasteiger partial charge in [-0.05, 0) is 5.56 Å². The molecular formula is C10H10F3NO2. The molecular weight excluding hydrogens is 223 g/mol. The number of carbonyl (C=O) groups is 1. The first-order valence-electron chi connectivity index (χ1n) is 4.40. The van der Waals surface area contributed by atoms with Gasteiger partial charge in [0, 0.05) is 6.42 Å². The summed E-state index contributed by atoms with van der Waals surface area (Å²) in [6.45, 7) is 0. The fourth-order valence-electron chi connectivity index (χ4n) is 1.21. The van der Waals surface area contributed by atoms with Gasteiger partial charge in [-0.1, -0.05) is 30.3 Å². The highest BCUT2D eigenvalue weighted by molar-refractivity contribution is 5.80. The molecule has 0 saturated heterocycles. The molecule has 1 aromatic carbocycles. The standard InChI is InChI=1S/C10H10F3NO2/c11-10(12,13)9(14,8(15)16)6-7-4-2-1-3-5-7/h1-5H,6,14H2,(H,15,16)/t9-/m0/s1. The number of benzene rings is 1. The normalized spacial score (nSPS) is 15.5. The largest absolute Gasteiger partial charge is 0.480 e. The van der Waals surface area contributed by atoms with E-state index in [0.717, 1.165) is 0 Å². The van der Waals surface area contributed by atoms with Crippen LogP contribution in [0.5, 0.6) is 0 Å². The molecule has 16 heavy (non-hydrogen) atoms. The zero-order chi connectivity index (χ0) is 12.4. The number of carboxylic acid groups (broad SMARTS) is 1. The Morgan fingerprint density at radius 2 is 1.75 bits per heavy atom. The third kappa shape index (κ3) is 2.33. The SMILES string of the molecule is N[C@@](Cc1ccccc1)(C(=O)O)C(F)(F)F. The number of halogens is 3. The molecule has 0 unspecified atom stereocenters. The van der Waals surface area contributed by atoms with Crippen LogP contribution in [0.4, 0.5) is 13.2 Å². The Labute approximate surface area is 89.7 Å². The van der Waals surface area contributed by atoms with Crippen molar-refractivity contribution >= 4 is 5.97 Å². The van der Waals surface area contributed by atoms with Crippen LogP contribution in [-0.4, -0.2) is 22.8 Å². The molecule has 1 atom stereocenters. The molecule has 0 radical (unpaired) electrons. The van der Waals surface area contributed by atoms with E-state index in [1.54, 1.807) is 6.07 Å². The average molecular weight is 233 g/mol. The Hall–Kier alpha value is -1.56. The Morgan fingerprint density at radius 1 is 1.25 bits per heavy atom. The Kier molecular flexibility index (Phi) is 3.23. The fraction of sp³-hybridized carbons (Fsp3) is 0.300. The van der Waals surface area contributed by atoms with Crippen LogP contribution < -0.4 is 5.73 Å². The molecule has 0 heterocycles. The lowest BCUT2D eigenvalue weighted by Crippen LogP contribution is -2.61. The van der Waals surface area contributed by atoms with E-state index in [0.29, 0.717) is 0 Å². The Morgan fingerprint density at radius 3 is 2.12 bits per heavy atom. The number of hydrogen-bond donors (Lipinski definition) is 2. The van der Waals surface area contributed by atoms with Gasteiger partial charge in [0.25, 0.3) is 0 Å². The van der Waals surface area contributed by atoms with Gasteiger partial charge in [0.05, 0.1) is 0 Å². The molecule has 6 heteroatoms. The lowest BCUT2D eigenvalue weighted by Gasteiger charge is -2.27. The van der Waals surface area contributed by atoms with Crippen LogP contribution in [0.2, 0.25) is 0 Å². The molecule has 0 fully saturated rings. The molecule has 88 valence electrons. The van der Waals surface area contributed by atoms with Gasteiger partial charge in [-0.15, -0.1) is 0 Å². The van der Waals surface area contributed by atoms with Crippen molar-refractivity contribution in [2.75, 3.05) is 0 Å². The van der Waals surface area contributed by atoms with Gasteiger partial charge in [0.2, 0.25) is 5.54 Å². The van der Waals surface area contributed by atoms with E-state index in [-0.39, 0.29) is 5.56 Å². The van der Waals surface area contributed by atoms with Crippen molar-refractivity contribution in [1.29, 1.82) is 0 Å². The molecule has 0 bridgehead atoms. The van der Waals surface area contributed by atoms with Crippen LogP contribution >= 0.6 is 0 Å². The number of hydrogen-bond acceptors (Lipinski definition) is 2. The van der Waals surface area contributed by atoms with Crippen molar-refractivity contribution in [3.63, 3.8) is 0 Å². The Bertz CT molecular complexity index is 377. The van der Waals surface area contributed by atoms with Gasteiger partial charge >= 0.3 is 12.1 Å². The zero-order valence-electron chi connectivity index (χ0n) is 8.16. The molecule has 0 aliphatic carbocycles. The van der Waals surface area contributed by atoms with Crippen LogP contribution in [0, 0.1) is 0 Å². The first kappa shape index (κ1) is 12.5. The molecule has 3 nitrogen and oxygen atoms in total. The summed E-state index contributed by atoms with van der Waals surface area (Å²) in [5.74, 6) is -2.08. The van der Waals surface area contributed by atoms with Crippen molar-refractivity contribution < 1.29 is 23.1 Å². The number of nitrogens with two attached hydrogens (primary N) is 1. The quantitative estimate of drug-likeness (QED) is 0.832. The van der Waals surface area contributed by atoms with E-state index in [1.807, 2.05) is 0 Å². The van der Waals surface area contributed by atoms with Crippen LogP contribution in [-0.2, 0) is 11.2 Å². The molecule has 0 aromatic heterocycles. The highest BCUT2D eigenvalue weighted by Gasteiger charge is 2.57. The minimum atomic E-state index is -4.99. The maximum atomic E-state index is 12.5. The number of carboxylic acids is 1. The highest BCUT2D eigenvalue weighted by atomic mass is 19.4. The van der Waals surface area contributed by atoms with Crippen molar-refractivity contribution in [3.8, 4) is 0 Å². The van der Waals surface area contributed by atoms with E-state index in [9.17, 15) is 18.0 Å². The van der Waals surface area contributed by atoms with Crippen LogP contribution in [0.1, 0.15) is 5.56 Å². The minimum Gasteiger partial charge on any atom is -0.480 e. The molecule has 1 aromatic rings. The monoisotopic (exact) mass is 233 g/mol. The first-order chi connectivity index (χ1) is 7.27. The number of rotatable bonds is 3. The summed E-state index contributed by atoms with van der Waals surface area (Å²) in [5.41, 5.74) is 1.91. The molecule has 0 amide bonds. The van der Waals surface area contributed by atoms with Crippen molar-refractivity contribution in [1.82, 2.24) is 0 Å². The lowest BCUT2D eigenvalue weighted by atomic mass is 9.91. The summed E-state index contributed by atoms with van der Waals surface area (Å²) in [4.78, 5) is 10.6. The van der Waals surface area contributed by atoms with Crippen LogP contribution in [0.3, 0.4) is 0 Å². The molecule has 0 spiro atoms. The molecule has 1 rings (SSSR count). The second-order valence-electron chi connectivity index (χ2n) is 3.44. The van der Waals surface area contributed by atoms with Crippen LogP contribution in [0.15, 0.2) is 30.3 Å². The highest BCUT2D eigenvalue weighted by Crippen LogP contribution is 2.31. The fourth-order valence-corrected chi connectivity index (χ4v) is 1.21. The smallest absolute Gasteiger partial charge is 0.417 e. The molecule has 0 aliphatic heterocycles. The number of alkyl halides is 3. The average Bonchev–Trinajstić information content (AvgIpc) is 2.17. The van der Waals surface area contributed by atoms with Gasteiger partial charge in [0.1, 0.15) is 0 Å². The van der Waals surface area contributed by atoms with E-state index >= 15 is 0 Å². The first-order valence-corrected chi connectivity index (χ1v) is 4.40. The maximum Gasteiger partial charge on any atom is 0.417 e. The van der Waals surface area contributed by atoms with Gasteiger partial charge in [0.15, 0.2) is 0 Å². The van der Waals surface area contributed by atoms with Crippen molar-refractivity contribution in [2.24, 2.45) is 5.73 Å². The third-order valence-electron chi connectivity index (χ3n) is 2.21. The van der Waals surface area contributed by atoms with E-state index in [4.69, 9.17) is 10.8 Å². The van der Waals surface area contributed by atoms with E-state index in [2.05, 4.69) is 0 Å².